The minimum atomic E-state index is -0.434. The molecular formula is C25H26N4O6. The first-order chi connectivity index (χ1) is 17.0. The summed E-state index contributed by atoms with van der Waals surface area (Å²) >= 11 is 0. The first-order valence-corrected chi connectivity index (χ1v) is 11.4. The minimum absolute atomic E-state index is 0.0494. The molecule has 3 heterocycles. The van der Waals surface area contributed by atoms with Gasteiger partial charge in [0.15, 0.2) is 11.5 Å². The third-order valence-electron chi connectivity index (χ3n) is 6.07. The van der Waals surface area contributed by atoms with Crippen LogP contribution in [0, 0.1) is 0 Å². The van der Waals surface area contributed by atoms with Gasteiger partial charge in [-0.2, -0.15) is 0 Å². The number of amides is 2. The first-order valence-electron chi connectivity index (χ1n) is 11.4. The van der Waals surface area contributed by atoms with Gasteiger partial charge in [-0.1, -0.05) is 12.1 Å². The molecule has 0 spiro atoms. The highest BCUT2D eigenvalue weighted by Crippen LogP contribution is 2.35. The average molecular weight is 479 g/mol. The number of cyclic esters (lactones) is 1. The zero-order valence-electron chi connectivity index (χ0n) is 19.6. The van der Waals surface area contributed by atoms with Crippen LogP contribution in [0.4, 0.5) is 10.5 Å². The second-order valence-corrected chi connectivity index (χ2v) is 8.43. The largest absolute Gasteiger partial charge is 0.486 e. The van der Waals surface area contributed by atoms with Gasteiger partial charge < -0.3 is 23.8 Å². The number of benzene rings is 2. The molecule has 2 aromatic carbocycles. The SMILES string of the molecule is COc1cnc2cccc(CN(C)C(=O)CC[C@H]3CN(c4ccc5c(c4)OCCO5)C(=O)O3)c2n1. The van der Waals surface area contributed by atoms with Crippen LogP contribution in [0.1, 0.15) is 18.4 Å². The van der Waals surface area contributed by atoms with Crippen LogP contribution in [0.3, 0.4) is 0 Å². The van der Waals surface area contributed by atoms with Crippen molar-refractivity contribution in [1.29, 1.82) is 0 Å². The molecular weight excluding hydrogens is 452 g/mol. The van der Waals surface area contributed by atoms with Gasteiger partial charge in [0.1, 0.15) is 19.3 Å². The Morgan fingerprint density at radius 2 is 2.03 bits per heavy atom. The van der Waals surface area contributed by atoms with E-state index in [1.54, 1.807) is 48.4 Å². The van der Waals surface area contributed by atoms with E-state index in [9.17, 15) is 9.59 Å². The van der Waals surface area contributed by atoms with Crippen LogP contribution >= 0.6 is 0 Å². The predicted molar refractivity (Wildman–Crippen MR) is 127 cm³/mol. The van der Waals surface area contributed by atoms with Gasteiger partial charge in [-0.25, -0.2) is 14.8 Å². The van der Waals surface area contributed by atoms with E-state index in [4.69, 9.17) is 18.9 Å². The number of hydrogen-bond donors (Lipinski definition) is 0. The van der Waals surface area contributed by atoms with Crippen LogP contribution in [-0.2, 0) is 16.1 Å². The summed E-state index contributed by atoms with van der Waals surface area (Å²) in [6.07, 6.45) is 1.44. The summed E-state index contributed by atoms with van der Waals surface area (Å²) in [6, 6.07) is 11.0. The standard InChI is InChI=1S/C25H26N4O6/c1-28(14-16-4-3-5-19-24(16)27-22(32-2)13-26-19)23(30)9-7-18-15-29(25(31)35-18)17-6-8-20-21(12-17)34-11-10-33-20/h3-6,8,12-13,18H,7,9-11,14-15H2,1-2H3/t18-/m0/s1. The Labute approximate surface area is 202 Å². The molecule has 1 aromatic heterocycles. The molecule has 2 aliphatic rings. The number of aromatic nitrogens is 2. The van der Waals surface area contributed by atoms with Gasteiger partial charge in [-0.05, 0) is 30.2 Å². The number of rotatable bonds is 7. The lowest BCUT2D eigenvalue weighted by molar-refractivity contribution is -0.130. The van der Waals surface area contributed by atoms with Crippen LogP contribution in [-0.4, -0.2) is 66.9 Å². The van der Waals surface area contributed by atoms with E-state index >= 15 is 0 Å². The molecule has 3 aromatic rings. The van der Waals surface area contributed by atoms with Crippen molar-refractivity contribution in [2.45, 2.75) is 25.5 Å². The molecule has 5 rings (SSSR count). The van der Waals surface area contributed by atoms with E-state index in [2.05, 4.69) is 9.97 Å². The van der Waals surface area contributed by atoms with Crippen LogP contribution in [0.2, 0.25) is 0 Å². The Balaban J connectivity index is 1.18. The lowest BCUT2D eigenvalue weighted by Gasteiger charge is -2.21. The smallest absolute Gasteiger partial charge is 0.414 e. The van der Waals surface area contributed by atoms with Gasteiger partial charge in [-0.3, -0.25) is 9.69 Å². The predicted octanol–water partition coefficient (Wildman–Crippen LogP) is 3.17. The van der Waals surface area contributed by atoms with E-state index in [1.165, 1.54) is 0 Å². The van der Waals surface area contributed by atoms with Gasteiger partial charge in [0.2, 0.25) is 11.8 Å². The van der Waals surface area contributed by atoms with Crippen molar-refractivity contribution in [2.24, 2.45) is 0 Å². The molecule has 0 bridgehead atoms. The molecule has 1 atom stereocenters. The molecule has 10 heteroatoms. The molecule has 0 unspecified atom stereocenters. The normalized spacial score (nSPS) is 16.8. The second-order valence-electron chi connectivity index (χ2n) is 8.43. The molecule has 2 amide bonds. The lowest BCUT2D eigenvalue weighted by Crippen LogP contribution is -2.28. The second kappa shape index (κ2) is 9.65. The van der Waals surface area contributed by atoms with Crippen molar-refractivity contribution in [3.8, 4) is 17.4 Å². The number of anilines is 1. The molecule has 2 aliphatic heterocycles. The third-order valence-corrected chi connectivity index (χ3v) is 6.07. The van der Waals surface area contributed by atoms with Gasteiger partial charge in [0.25, 0.3) is 0 Å². The molecule has 0 radical (unpaired) electrons. The maximum Gasteiger partial charge on any atom is 0.414 e. The summed E-state index contributed by atoms with van der Waals surface area (Å²) in [5.41, 5.74) is 2.99. The fraction of sp³-hybridized carbons (Fsp3) is 0.360. The van der Waals surface area contributed by atoms with E-state index in [-0.39, 0.29) is 18.4 Å². The zero-order valence-corrected chi connectivity index (χ0v) is 19.6. The summed E-state index contributed by atoms with van der Waals surface area (Å²) in [6.45, 7) is 1.72. The molecule has 35 heavy (non-hydrogen) atoms. The molecule has 0 saturated carbocycles. The number of carbonyl (C=O) groups excluding carboxylic acids is 2. The summed E-state index contributed by atoms with van der Waals surface area (Å²) in [5, 5.41) is 0. The van der Waals surface area contributed by atoms with Gasteiger partial charge in [0.05, 0.1) is 36.6 Å². The molecule has 10 nitrogen and oxygen atoms in total. The molecule has 1 saturated heterocycles. The highest BCUT2D eigenvalue weighted by Gasteiger charge is 2.33. The maximum absolute atomic E-state index is 12.8. The number of nitrogens with zero attached hydrogens (tertiary/aromatic N) is 4. The van der Waals surface area contributed by atoms with Crippen molar-refractivity contribution in [2.75, 3.05) is 38.8 Å². The molecule has 0 aliphatic carbocycles. The molecule has 1 fully saturated rings. The third kappa shape index (κ3) is 4.77. The van der Waals surface area contributed by atoms with E-state index in [0.29, 0.717) is 61.3 Å². The first kappa shape index (κ1) is 22.7. The van der Waals surface area contributed by atoms with E-state index in [0.717, 1.165) is 11.1 Å². The van der Waals surface area contributed by atoms with Crippen molar-refractivity contribution in [3.05, 3.63) is 48.2 Å². The number of ether oxygens (including phenoxy) is 4. The summed E-state index contributed by atoms with van der Waals surface area (Å²) in [4.78, 5) is 37.3. The fourth-order valence-electron chi connectivity index (χ4n) is 4.20. The van der Waals surface area contributed by atoms with Crippen molar-refractivity contribution in [3.63, 3.8) is 0 Å². The quantitative estimate of drug-likeness (QED) is 0.510. The Morgan fingerprint density at radius 1 is 1.20 bits per heavy atom. The Hall–Kier alpha value is -4.08. The topological polar surface area (TPSA) is 103 Å². The van der Waals surface area contributed by atoms with Crippen LogP contribution in [0.25, 0.3) is 11.0 Å². The minimum Gasteiger partial charge on any atom is -0.486 e. The Bertz CT molecular complexity index is 1270. The van der Waals surface area contributed by atoms with E-state index < -0.39 is 6.09 Å². The van der Waals surface area contributed by atoms with Gasteiger partial charge >= 0.3 is 6.09 Å². The van der Waals surface area contributed by atoms with Gasteiger partial charge in [0, 0.05) is 26.1 Å². The summed E-state index contributed by atoms with van der Waals surface area (Å²) in [5.74, 6) is 1.64. The lowest BCUT2D eigenvalue weighted by atomic mass is 10.1. The highest BCUT2D eigenvalue weighted by molar-refractivity contribution is 5.90. The fourth-order valence-corrected chi connectivity index (χ4v) is 4.20. The van der Waals surface area contributed by atoms with Crippen molar-refractivity contribution in [1.82, 2.24) is 14.9 Å². The van der Waals surface area contributed by atoms with E-state index in [1.807, 2.05) is 18.2 Å². The Kier molecular flexibility index (Phi) is 6.26. The summed E-state index contributed by atoms with van der Waals surface area (Å²) in [7, 11) is 3.29. The zero-order chi connectivity index (χ0) is 24.4. The maximum atomic E-state index is 12.8. The molecule has 182 valence electrons. The van der Waals surface area contributed by atoms with Crippen LogP contribution in [0.5, 0.6) is 17.4 Å². The average Bonchev–Trinajstić information content (AvgIpc) is 3.27. The van der Waals surface area contributed by atoms with Crippen LogP contribution in [0.15, 0.2) is 42.6 Å². The molecule has 0 N–H and O–H groups in total. The number of para-hydroxylation sites is 1. The van der Waals surface area contributed by atoms with Crippen molar-refractivity contribution >= 4 is 28.7 Å². The Morgan fingerprint density at radius 3 is 2.86 bits per heavy atom. The monoisotopic (exact) mass is 478 g/mol. The summed E-state index contributed by atoms with van der Waals surface area (Å²) < 4.78 is 21.9. The number of carbonyl (C=O) groups is 2. The number of fused-ring (bicyclic) bond motifs is 2. The number of methoxy groups -OCH3 is 1. The van der Waals surface area contributed by atoms with Crippen LogP contribution < -0.4 is 19.1 Å². The number of hydrogen-bond acceptors (Lipinski definition) is 8. The highest BCUT2D eigenvalue weighted by atomic mass is 16.6. The van der Waals surface area contributed by atoms with Crippen molar-refractivity contribution < 1.29 is 28.5 Å². The van der Waals surface area contributed by atoms with Gasteiger partial charge in [-0.15, -0.1) is 0 Å².